The summed E-state index contributed by atoms with van der Waals surface area (Å²) in [6.07, 6.45) is 2.56. The highest BCUT2D eigenvalue weighted by atomic mass is 19.3. The number of nitrogens with one attached hydrogen (secondary N) is 2. The Morgan fingerprint density at radius 3 is 2.61 bits per heavy atom. The van der Waals surface area contributed by atoms with Crippen LogP contribution in [0.3, 0.4) is 0 Å². The molecule has 28 heavy (non-hydrogen) atoms. The Morgan fingerprint density at radius 1 is 1.21 bits per heavy atom. The van der Waals surface area contributed by atoms with Crippen molar-refractivity contribution in [1.29, 1.82) is 0 Å². The smallest absolute Gasteiger partial charge is 0.387 e. The lowest BCUT2D eigenvalue weighted by Crippen LogP contribution is -2.41. The third-order valence-corrected chi connectivity index (χ3v) is 4.83. The monoisotopic (exact) mass is 398 g/mol. The Kier molecular flexibility index (Phi) is 7.13. The van der Waals surface area contributed by atoms with Gasteiger partial charge in [-0.1, -0.05) is 6.92 Å². The number of hydrogen-bond acceptors (Lipinski definition) is 5. The standard InChI is InChI=1S/C19H28F2N4O3/c1-13(11-25-5-3-4-6-25)9-23-19(22-2)24-10-14-7-16-17(27-12-26-16)8-15(14)28-18(20)21/h7-8,13,18H,3-6,9-12H2,1-2H3,(H2,22,23,24). The Bertz CT molecular complexity index is 681. The van der Waals surface area contributed by atoms with E-state index in [0.717, 1.165) is 13.1 Å². The molecule has 2 N–H and O–H groups in total. The predicted octanol–water partition coefficient (Wildman–Crippen LogP) is 2.41. The molecule has 0 amide bonds. The molecule has 3 rings (SSSR count). The summed E-state index contributed by atoms with van der Waals surface area (Å²) in [5.41, 5.74) is 0.539. The fourth-order valence-corrected chi connectivity index (χ4v) is 3.45. The average Bonchev–Trinajstić information content (AvgIpc) is 3.32. The van der Waals surface area contributed by atoms with E-state index in [-0.39, 0.29) is 19.1 Å². The van der Waals surface area contributed by atoms with E-state index >= 15 is 0 Å². The van der Waals surface area contributed by atoms with E-state index in [2.05, 4.69) is 32.2 Å². The van der Waals surface area contributed by atoms with Crippen LogP contribution in [-0.2, 0) is 6.54 Å². The first kappa shape index (κ1) is 20.4. The fraction of sp³-hybridized carbons (Fsp3) is 0.632. The van der Waals surface area contributed by atoms with Gasteiger partial charge >= 0.3 is 6.61 Å². The van der Waals surface area contributed by atoms with Gasteiger partial charge in [0.2, 0.25) is 6.79 Å². The summed E-state index contributed by atoms with van der Waals surface area (Å²) in [5.74, 6) is 2.05. The third-order valence-electron chi connectivity index (χ3n) is 4.83. The van der Waals surface area contributed by atoms with Crippen molar-refractivity contribution < 1.29 is 23.0 Å². The SMILES string of the molecule is CN=C(NCc1cc2c(cc1OC(F)F)OCO2)NCC(C)CN1CCCC1. The molecule has 0 saturated carbocycles. The van der Waals surface area contributed by atoms with E-state index in [1.165, 1.54) is 32.0 Å². The molecule has 156 valence electrons. The van der Waals surface area contributed by atoms with Gasteiger partial charge in [-0.05, 0) is 37.9 Å². The number of ether oxygens (including phenoxy) is 3. The van der Waals surface area contributed by atoms with Gasteiger partial charge in [0, 0.05) is 38.3 Å². The van der Waals surface area contributed by atoms with Crippen LogP contribution in [0.5, 0.6) is 17.2 Å². The van der Waals surface area contributed by atoms with Crippen LogP contribution in [0.15, 0.2) is 17.1 Å². The molecular weight excluding hydrogens is 370 g/mol. The van der Waals surface area contributed by atoms with Gasteiger partial charge in [0.1, 0.15) is 5.75 Å². The normalized spacial score (nSPS) is 17.8. The van der Waals surface area contributed by atoms with Crippen LogP contribution in [-0.4, -0.2) is 57.5 Å². The molecule has 0 aromatic heterocycles. The summed E-state index contributed by atoms with van der Waals surface area (Å²) < 4.78 is 40.7. The van der Waals surface area contributed by atoms with Crippen LogP contribution >= 0.6 is 0 Å². The molecule has 0 spiro atoms. The molecular formula is C19H28F2N4O3. The van der Waals surface area contributed by atoms with Crippen molar-refractivity contribution in [2.24, 2.45) is 10.9 Å². The van der Waals surface area contributed by atoms with Gasteiger partial charge in [0.15, 0.2) is 17.5 Å². The lowest BCUT2D eigenvalue weighted by Gasteiger charge is -2.21. The summed E-state index contributed by atoms with van der Waals surface area (Å²) in [4.78, 5) is 6.68. The number of guanidine groups is 1. The number of likely N-dealkylation sites (tertiary alicyclic amines) is 1. The number of nitrogens with zero attached hydrogens (tertiary/aromatic N) is 2. The zero-order valence-electron chi connectivity index (χ0n) is 16.3. The molecule has 0 aliphatic carbocycles. The zero-order chi connectivity index (χ0) is 19.9. The highest BCUT2D eigenvalue weighted by Gasteiger charge is 2.20. The first-order chi connectivity index (χ1) is 13.5. The molecule has 1 aromatic carbocycles. The maximum absolute atomic E-state index is 12.7. The molecule has 1 aromatic rings. The molecule has 7 nitrogen and oxygen atoms in total. The maximum Gasteiger partial charge on any atom is 0.387 e. The van der Waals surface area contributed by atoms with E-state index in [4.69, 9.17) is 9.47 Å². The molecule has 1 unspecified atom stereocenters. The highest BCUT2D eigenvalue weighted by molar-refractivity contribution is 5.79. The summed E-state index contributed by atoms with van der Waals surface area (Å²) >= 11 is 0. The quantitative estimate of drug-likeness (QED) is 0.518. The van der Waals surface area contributed by atoms with Crippen LogP contribution in [0.25, 0.3) is 0 Å². The lowest BCUT2D eigenvalue weighted by atomic mass is 10.1. The molecule has 2 aliphatic heterocycles. The second-order valence-corrected chi connectivity index (χ2v) is 7.11. The van der Waals surface area contributed by atoms with Crippen molar-refractivity contribution in [3.8, 4) is 17.2 Å². The Morgan fingerprint density at radius 2 is 1.93 bits per heavy atom. The van der Waals surface area contributed by atoms with E-state index in [9.17, 15) is 8.78 Å². The van der Waals surface area contributed by atoms with Crippen molar-refractivity contribution in [2.45, 2.75) is 32.9 Å². The van der Waals surface area contributed by atoms with Crippen LogP contribution in [0, 0.1) is 5.92 Å². The molecule has 0 radical (unpaired) electrons. The van der Waals surface area contributed by atoms with E-state index < -0.39 is 6.61 Å². The third kappa shape index (κ3) is 5.60. The van der Waals surface area contributed by atoms with Gasteiger partial charge < -0.3 is 29.7 Å². The topological polar surface area (TPSA) is 67.4 Å². The van der Waals surface area contributed by atoms with Gasteiger partial charge in [-0.25, -0.2) is 0 Å². The molecule has 1 fully saturated rings. The number of aliphatic imine (C=N–C) groups is 1. The van der Waals surface area contributed by atoms with Gasteiger partial charge in [0.25, 0.3) is 0 Å². The minimum atomic E-state index is -2.91. The van der Waals surface area contributed by atoms with Crippen LogP contribution in [0.1, 0.15) is 25.3 Å². The predicted molar refractivity (Wildman–Crippen MR) is 102 cm³/mol. The average molecular weight is 398 g/mol. The van der Waals surface area contributed by atoms with Gasteiger partial charge in [-0.3, -0.25) is 4.99 Å². The molecule has 1 atom stereocenters. The second kappa shape index (κ2) is 9.77. The van der Waals surface area contributed by atoms with Crippen LogP contribution in [0.2, 0.25) is 0 Å². The van der Waals surface area contributed by atoms with Crippen molar-refractivity contribution in [2.75, 3.05) is 40.0 Å². The van der Waals surface area contributed by atoms with Crippen molar-refractivity contribution in [1.82, 2.24) is 15.5 Å². The largest absolute Gasteiger partial charge is 0.454 e. The minimum Gasteiger partial charge on any atom is -0.454 e. The molecule has 1 saturated heterocycles. The molecule has 2 heterocycles. The Hall–Kier alpha value is -2.29. The molecule has 0 bridgehead atoms. The Labute approximate surface area is 164 Å². The summed E-state index contributed by atoms with van der Waals surface area (Å²) in [6, 6.07) is 3.08. The number of hydrogen-bond donors (Lipinski definition) is 2. The van der Waals surface area contributed by atoms with Gasteiger partial charge in [-0.2, -0.15) is 8.78 Å². The maximum atomic E-state index is 12.7. The first-order valence-electron chi connectivity index (χ1n) is 9.59. The number of halogens is 2. The molecule has 2 aliphatic rings. The summed E-state index contributed by atoms with van der Waals surface area (Å²) in [5, 5.41) is 6.44. The van der Waals surface area contributed by atoms with E-state index in [1.807, 2.05) is 0 Å². The number of fused-ring (bicyclic) bond motifs is 1. The van der Waals surface area contributed by atoms with Crippen molar-refractivity contribution in [3.63, 3.8) is 0 Å². The molecule has 9 heteroatoms. The van der Waals surface area contributed by atoms with E-state index in [0.29, 0.717) is 28.9 Å². The summed E-state index contributed by atoms with van der Waals surface area (Å²) in [7, 11) is 1.68. The number of alkyl halides is 2. The van der Waals surface area contributed by atoms with Gasteiger partial charge in [0.05, 0.1) is 0 Å². The lowest BCUT2D eigenvalue weighted by molar-refractivity contribution is -0.0505. The highest BCUT2D eigenvalue weighted by Crippen LogP contribution is 2.38. The first-order valence-corrected chi connectivity index (χ1v) is 9.59. The van der Waals surface area contributed by atoms with Gasteiger partial charge in [-0.15, -0.1) is 0 Å². The minimum absolute atomic E-state index is 0.0598. The number of benzene rings is 1. The van der Waals surface area contributed by atoms with Crippen molar-refractivity contribution in [3.05, 3.63) is 17.7 Å². The van der Waals surface area contributed by atoms with Crippen LogP contribution in [0.4, 0.5) is 8.78 Å². The second-order valence-electron chi connectivity index (χ2n) is 7.11. The zero-order valence-corrected chi connectivity index (χ0v) is 16.3. The number of rotatable bonds is 8. The van der Waals surface area contributed by atoms with Crippen molar-refractivity contribution >= 4 is 5.96 Å². The fourth-order valence-electron chi connectivity index (χ4n) is 3.45. The summed E-state index contributed by atoms with van der Waals surface area (Å²) in [6.45, 7) is 3.80. The van der Waals surface area contributed by atoms with E-state index in [1.54, 1.807) is 13.1 Å². The van der Waals surface area contributed by atoms with Crippen LogP contribution < -0.4 is 24.8 Å². The Balaban J connectivity index is 1.54.